The molecule has 1 aromatic carbocycles. The second-order valence-electron chi connectivity index (χ2n) is 4.80. The molecule has 1 saturated heterocycles. The van der Waals surface area contributed by atoms with Crippen molar-refractivity contribution in [1.29, 1.82) is 0 Å². The van der Waals surface area contributed by atoms with Crippen LogP contribution >= 0.6 is 0 Å². The maximum atomic E-state index is 12.0. The van der Waals surface area contributed by atoms with E-state index in [4.69, 9.17) is 4.74 Å². The topological polar surface area (TPSA) is 62.4 Å². The maximum absolute atomic E-state index is 12.0. The largest absolute Gasteiger partial charge is 0.496 e. The molecule has 5 nitrogen and oxygen atoms in total. The zero-order valence-electron chi connectivity index (χ0n) is 11.4. The Hall–Kier alpha value is -1.59. The first kappa shape index (κ1) is 13.8. The number of rotatable bonds is 4. The number of piperazine rings is 1. The first-order valence-corrected chi connectivity index (χ1v) is 6.57. The van der Waals surface area contributed by atoms with E-state index in [1.165, 1.54) is 0 Å². The highest BCUT2D eigenvalue weighted by atomic mass is 16.5. The molecule has 104 valence electrons. The monoisotopic (exact) mass is 263 g/mol. The average Bonchev–Trinajstić information content (AvgIpc) is 2.45. The first-order chi connectivity index (χ1) is 9.20. The van der Waals surface area contributed by atoms with E-state index in [-0.39, 0.29) is 11.9 Å². The number of carbonyl (C=O) groups excluding carboxylic acids is 1. The van der Waals surface area contributed by atoms with E-state index in [0.717, 1.165) is 17.9 Å². The van der Waals surface area contributed by atoms with Gasteiger partial charge in [0.1, 0.15) is 5.75 Å². The van der Waals surface area contributed by atoms with Crippen LogP contribution in [0.5, 0.6) is 5.75 Å². The molecule has 2 atom stereocenters. The lowest BCUT2D eigenvalue weighted by Crippen LogP contribution is -2.58. The summed E-state index contributed by atoms with van der Waals surface area (Å²) in [6.45, 7) is 4.05. The molecule has 3 N–H and O–H groups in total. The molecular weight excluding hydrogens is 242 g/mol. The SMILES string of the molecule is COc1ccccc1CNC(=O)C1CNC(C)CN1. The zero-order chi connectivity index (χ0) is 13.7. The van der Waals surface area contributed by atoms with Gasteiger partial charge >= 0.3 is 0 Å². The van der Waals surface area contributed by atoms with Gasteiger partial charge in [-0.15, -0.1) is 0 Å². The lowest BCUT2D eigenvalue weighted by Gasteiger charge is -2.28. The van der Waals surface area contributed by atoms with Gasteiger partial charge in [-0.25, -0.2) is 0 Å². The number of carbonyl (C=O) groups is 1. The van der Waals surface area contributed by atoms with Crippen molar-refractivity contribution < 1.29 is 9.53 Å². The number of para-hydroxylation sites is 1. The number of ether oxygens (including phenoxy) is 1. The summed E-state index contributed by atoms with van der Waals surface area (Å²) in [6, 6.07) is 7.95. The Kier molecular flexibility index (Phi) is 4.76. The fraction of sp³-hybridized carbons (Fsp3) is 0.500. The molecule has 0 aliphatic carbocycles. The third-order valence-electron chi connectivity index (χ3n) is 3.30. The first-order valence-electron chi connectivity index (χ1n) is 6.57. The number of methoxy groups -OCH3 is 1. The van der Waals surface area contributed by atoms with Crippen LogP contribution in [0, 0.1) is 0 Å². The molecule has 0 spiro atoms. The van der Waals surface area contributed by atoms with Crippen molar-refractivity contribution in [3.8, 4) is 5.75 Å². The van der Waals surface area contributed by atoms with Crippen LogP contribution < -0.4 is 20.7 Å². The van der Waals surface area contributed by atoms with Crippen molar-refractivity contribution in [3.05, 3.63) is 29.8 Å². The number of benzene rings is 1. The zero-order valence-corrected chi connectivity index (χ0v) is 11.4. The predicted molar refractivity (Wildman–Crippen MR) is 74.1 cm³/mol. The predicted octanol–water partition coefficient (Wildman–Crippen LogP) is 0.261. The standard InChI is InChI=1S/C14H21N3O2/c1-10-7-16-12(9-15-10)14(18)17-8-11-5-3-4-6-13(11)19-2/h3-6,10,12,15-16H,7-9H2,1-2H3,(H,17,18). The fourth-order valence-corrected chi connectivity index (χ4v) is 2.12. The third kappa shape index (κ3) is 3.68. The summed E-state index contributed by atoms with van der Waals surface area (Å²) >= 11 is 0. The fourth-order valence-electron chi connectivity index (χ4n) is 2.12. The van der Waals surface area contributed by atoms with Crippen molar-refractivity contribution in [3.63, 3.8) is 0 Å². The van der Waals surface area contributed by atoms with Gasteiger partial charge in [-0.05, 0) is 13.0 Å². The summed E-state index contributed by atoms with van der Waals surface area (Å²) in [6.07, 6.45) is 0. The second kappa shape index (κ2) is 6.54. The minimum Gasteiger partial charge on any atom is -0.496 e. The quantitative estimate of drug-likeness (QED) is 0.729. The highest BCUT2D eigenvalue weighted by molar-refractivity contribution is 5.82. The van der Waals surface area contributed by atoms with Gasteiger partial charge in [-0.1, -0.05) is 18.2 Å². The number of hydrogen-bond donors (Lipinski definition) is 3. The van der Waals surface area contributed by atoms with Gasteiger partial charge in [0.2, 0.25) is 5.91 Å². The van der Waals surface area contributed by atoms with Crippen molar-refractivity contribution in [2.45, 2.75) is 25.6 Å². The third-order valence-corrected chi connectivity index (χ3v) is 3.30. The van der Waals surface area contributed by atoms with Crippen LogP contribution in [0.4, 0.5) is 0 Å². The lowest BCUT2D eigenvalue weighted by molar-refractivity contribution is -0.123. The van der Waals surface area contributed by atoms with E-state index >= 15 is 0 Å². The minimum atomic E-state index is -0.161. The molecule has 1 aliphatic rings. The van der Waals surface area contributed by atoms with Gasteiger partial charge in [-0.3, -0.25) is 4.79 Å². The van der Waals surface area contributed by atoms with E-state index in [2.05, 4.69) is 22.9 Å². The van der Waals surface area contributed by atoms with Crippen molar-refractivity contribution in [2.24, 2.45) is 0 Å². The summed E-state index contributed by atoms with van der Waals surface area (Å²) in [5.74, 6) is 0.816. The van der Waals surface area contributed by atoms with E-state index in [0.29, 0.717) is 19.1 Å². The van der Waals surface area contributed by atoms with Gasteiger partial charge in [0.05, 0.1) is 13.2 Å². The average molecular weight is 263 g/mol. The Morgan fingerprint density at radius 2 is 2.16 bits per heavy atom. The summed E-state index contributed by atoms with van der Waals surface area (Å²) in [5, 5.41) is 9.45. The van der Waals surface area contributed by atoms with Crippen LogP contribution in [0.2, 0.25) is 0 Å². The van der Waals surface area contributed by atoms with Crippen LogP contribution in [0.25, 0.3) is 0 Å². The van der Waals surface area contributed by atoms with Crippen molar-refractivity contribution >= 4 is 5.91 Å². The maximum Gasteiger partial charge on any atom is 0.238 e. The Labute approximate surface area is 113 Å². The van der Waals surface area contributed by atoms with Gasteiger partial charge in [0.25, 0.3) is 0 Å². The van der Waals surface area contributed by atoms with E-state index in [9.17, 15) is 4.79 Å². The van der Waals surface area contributed by atoms with Crippen LogP contribution in [0.3, 0.4) is 0 Å². The van der Waals surface area contributed by atoms with Crippen LogP contribution in [0.15, 0.2) is 24.3 Å². The summed E-state index contributed by atoms with van der Waals surface area (Å²) in [7, 11) is 1.63. The van der Waals surface area contributed by atoms with Gasteiger partial charge in [0.15, 0.2) is 0 Å². The van der Waals surface area contributed by atoms with Crippen LogP contribution in [-0.2, 0) is 11.3 Å². The molecule has 0 saturated carbocycles. The molecule has 1 heterocycles. The molecule has 1 aromatic rings. The molecule has 1 amide bonds. The van der Waals surface area contributed by atoms with Crippen molar-refractivity contribution in [2.75, 3.05) is 20.2 Å². The molecule has 1 fully saturated rings. The Morgan fingerprint density at radius 3 is 2.84 bits per heavy atom. The van der Waals surface area contributed by atoms with E-state index in [1.54, 1.807) is 7.11 Å². The molecule has 0 radical (unpaired) electrons. The number of hydrogen-bond acceptors (Lipinski definition) is 4. The highest BCUT2D eigenvalue weighted by Gasteiger charge is 2.22. The normalized spacial score (nSPS) is 22.8. The molecule has 0 bridgehead atoms. The van der Waals surface area contributed by atoms with E-state index < -0.39 is 0 Å². The van der Waals surface area contributed by atoms with Crippen LogP contribution in [-0.4, -0.2) is 38.2 Å². The Bertz CT molecular complexity index is 428. The smallest absolute Gasteiger partial charge is 0.238 e. The molecule has 2 unspecified atom stereocenters. The van der Waals surface area contributed by atoms with Gasteiger partial charge < -0.3 is 20.7 Å². The summed E-state index contributed by atoms with van der Waals surface area (Å²) in [4.78, 5) is 12.0. The second-order valence-corrected chi connectivity index (χ2v) is 4.80. The molecule has 2 rings (SSSR count). The van der Waals surface area contributed by atoms with Crippen molar-refractivity contribution in [1.82, 2.24) is 16.0 Å². The lowest BCUT2D eigenvalue weighted by atomic mass is 10.1. The Morgan fingerprint density at radius 1 is 1.37 bits per heavy atom. The molecule has 1 aliphatic heterocycles. The molecule has 5 heteroatoms. The van der Waals surface area contributed by atoms with Gasteiger partial charge in [-0.2, -0.15) is 0 Å². The highest BCUT2D eigenvalue weighted by Crippen LogP contribution is 2.16. The molecular formula is C14H21N3O2. The van der Waals surface area contributed by atoms with E-state index in [1.807, 2.05) is 24.3 Å². The minimum absolute atomic E-state index is 0.0188. The summed E-state index contributed by atoms with van der Waals surface area (Å²) < 4.78 is 5.26. The van der Waals surface area contributed by atoms with Gasteiger partial charge in [0, 0.05) is 31.2 Å². The number of nitrogens with one attached hydrogen (secondary N) is 3. The Balaban J connectivity index is 1.86. The molecule has 0 aromatic heterocycles. The summed E-state index contributed by atoms with van der Waals surface area (Å²) in [5.41, 5.74) is 0.982. The van der Waals surface area contributed by atoms with Crippen LogP contribution in [0.1, 0.15) is 12.5 Å². The molecule has 19 heavy (non-hydrogen) atoms. The number of amides is 1.